The maximum atomic E-state index is 11.7. The number of fused-ring (bicyclic) bond motifs is 1. The van der Waals surface area contributed by atoms with Crippen LogP contribution in [0.2, 0.25) is 0 Å². The van der Waals surface area contributed by atoms with Crippen LogP contribution in [0.4, 0.5) is 5.69 Å². The highest BCUT2D eigenvalue weighted by Gasteiger charge is 2.15. The molecule has 3 aromatic rings. The maximum absolute atomic E-state index is 11.7. The van der Waals surface area contributed by atoms with Gasteiger partial charge in [0.05, 0.1) is 0 Å². The third kappa shape index (κ3) is 5.10. The van der Waals surface area contributed by atoms with Gasteiger partial charge in [0.2, 0.25) is 0 Å². The summed E-state index contributed by atoms with van der Waals surface area (Å²) in [6, 6.07) is 19.5. The van der Waals surface area contributed by atoms with E-state index in [9.17, 15) is 9.90 Å². The second-order valence-corrected chi connectivity index (χ2v) is 7.36. The Morgan fingerprint density at radius 3 is 2.43 bits per heavy atom. The van der Waals surface area contributed by atoms with Crippen LogP contribution in [0.1, 0.15) is 29.8 Å². The van der Waals surface area contributed by atoms with Crippen LogP contribution in [0, 0.1) is 0 Å². The first kappa shape index (κ1) is 21.7. The number of carbonyl (C=O) groups is 1. The van der Waals surface area contributed by atoms with Gasteiger partial charge in [-0.2, -0.15) is 0 Å². The molecule has 3 rings (SSSR count). The summed E-state index contributed by atoms with van der Waals surface area (Å²) in [6.45, 7) is 8.47. The summed E-state index contributed by atoms with van der Waals surface area (Å²) >= 11 is 0. The van der Waals surface area contributed by atoms with E-state index in [4.69, 9.17) is 4.74 Å². The first-order chi connectivity index (χ1) is 14.5. The average Bonchev–Trinajstić information content (AvgIpc) is 2.77. The number of ether oxygens (including phenoxy) is 1. The van der Waals surface area contributed by atoms with Gasteiger partial charge < -0.3 is 19.6 Å². The van der Waals surface area contributed by atoms with Gasteiger partial charge in [0.25, 0.3) is 0 Å². The monoisotopic (exact) mass is 406 g/mol. The van der Waals surface area contributed by atoms with Crippen LogP contribution in [0.3, 0.4) is 0 Å². The molecule has 0 aliphatic rings. The zero-order valence-electron chi connectivity index (χ0n) is 18.0. The van der Waals surface area contributed by atoms with Crippen molar-refractivity contribution < 1.29 is 14.6 Å². The van der Waals surface area contributed by atoms with Crippen LogP contribution in [-0.4, -0.2) is 49.2 Å². The lowest BCUT2D eigenvalue weighted by Crippen LogP contribution is -2.33. The van der Waals surface area contributed by atoms with Crippen molar-refractivity contribution in [2.24, 2.45) is 0 Å². The molecular weight excluding hydrogens is 376 g/mol. The number of aromatic carboxylic acids is 1. The zero-order valence-corrected chi connectivity index (χ0v) is 18.0. The Kier molecular flexibility index (Phi) is 7.31. The van der Waals surface area contributed by atoms with Gasteiger partial charge in [0.15, 0.2) is 0 Å². The highest BCUT2D eigenvalue weighted by molar-refractivity contribution is 5.91. The van der Waals surface area contributed by atoms with E-state index in [0.717, 1.165) is 48.2 Å². The molecule has 0 saturated carbocycles. The molecule has 0 heterocycles. The predicted molar refractivity (Wildman–Crippen MR) is 123 cm³/mol. The minimum atomic E-state index is -0.986. The van der Waals surface area contributed by atoms with Crippen LogP contribution in [0.15, 0.2) is 60.7 Å². The zero-order chi connectivity index (χ0) is 21.5. The molecule has 0 unspecified atom stereocenters. The molecule has 0 atom stereocenters. The van der Waals surface area contributed by atoms with Crippen LogP contribution < -0.4 is 9.64 Å². The van der Waals surface area contributed by atoms with Gasteiger partial charge in [-0.05, 0) is 41.6 Å². The van der Waals surface area contributed by atoms with E-state index in [2.05, 4.69) is 41.8 Å². The predicted octanol–water partition coefficient (Wildman–Crippen LogP) is 4.90. The number of nitrogens with zero attached hydrogens (tertiary/aromatic N) is 2. The SMILES string of the molecule is CCN(CC)CCN(C)c1ccc(C(=O)O)c(OCc2cccc3ccccc23)c1. The molecule has 5 heteroatoms. The number of hydrogen-bond acceptors (Lipinski definition) is 4. The first-order valence-corrected chi connectivity index (χ1v) is 10.4. The van der Waals surface area contributed by atoms with Gasteiger partial charge in [0, 0.05) is 31.9 Å². The summed E-state index contributed by atoms with van der Waals surface area (Å²) < 4.78 is 6.03. The molecule has 0 saturated heterocycles. The topological polar surface area (TPSA) is 53.0 Å². The van der Waals surface area contributed by atoms with Crippen molar-refractivity contribution in [2.45, 2.75) is 20.5 Å². The minimum absolute atomic E-state index is 0.177. The van der Waals surface area contributed by atoms with E-state index in [-0.39, 0.29) is 5.56 Å². The van der Waals surface area contributed by atoms with E-state index in [1.165, 1.54) is 0 Å². The van der Waals surface area contributed by atoms with Crippen molar-refractivity contribution in [1.82, 2.24) is 4.90 Å². The Labute approximate surface area is 178 Å². The van der Waals surface area contributed by atoms with Gasteiger partial charge in [-0.15, -0.1) is 0 Å². The summed E-state index contributed by atoms with van der Waals surface area (Å²) in [5, 5.41) is 11.9. The summed E-state index contributed by atoms with van der Waals surface area (Å²) in [4.78, 5) is 16.2. The fraction of sp³-hybridized carbons (Fsp3) is 0.320. The molecule has 5 nitrogen and oxygen atoms in total. The molecule has 0 radical (unpaired) electrons. The van der Waals surface area contributed by atoms with Crippen LogP contribution in [-0.2, 0) is 6.61 Å². The molecule has 158 valence electrons. The Balaban J connectivity index is 1.80. The Morgan fingerprint density at radius 1 is 0.967 bits per heavy atom. The fourth-order valence-electron chi connectivity index (χ4n) is 3.58. The molecule has 0 aromatic heterocycles. The van der Waals surface area contributed by atoms with Crippen molar-refractivity contribution in [3.05, 3.63) is 71.8 Å². The van der Waals surface area contributed by atoms with Gasteiger partial charge >= 0.3 is 5.97 Å². The average molecular weight is 407 g/mol. The molecule has 0 fully saturated rings. The van der Waals surface area contributed by atoms with Crippen molar-refractivity contribution in [3.8, 4) is 5.75 Å². The van der Waals surface area contributed by atoms with Gasteiger partial charge in [-0.1, -0.05) is 56.3 Å². The lowest BCUT2D eigenvalue weighted by atomic mass is 10.1. The molecule has 0 spiro atoms. The second-order valence-electron chi connectivity index (χ2n) is 7.36. The first-order valence-electron chi connectivity index (χ1n) is 10.4. The lowest BCUT2D eigenvalue weighted by Gasteiger charge is -2.25. The summed E-state index contributed by atoms with van der Waals surface area (Å²) in [5.74, 6) is -0.595. The van der Waals surface area contributed by atoms with E-state index < -0.39 is 5.97 Å². The molecule has 0 bridgehead atoms. The second kappa shape index (κ2) is 10.1. The van der Waals surface area contributed by atoms with E-state index in [1.54, 1.807) is 6.07 Å². The van der Waals surface area contributed by atoms with Crippen LogP contribution >= 0.6 is 0 Å². The maximum Gasteiger partial charge on any atom is 0.339 e. The number of benzene rings is 3. The quantitative estimate of drug-likeness (QED) is 0.519. The molecule has 0 amide bonds. The molecule has 30 heavy (non-hydrogen) atoms. The molecule has 0 aliphatic carbocycles. The van der Waals surface area contributed by atoms with Crippen molar-refractivity contribution in [1.29, 1.82) is 0 Å². The summed E-state index contributed by atoms with van der Waals surface area (Å²) in [7, 11) is 2.02. The van der Waals surface area contributed by atoms with Gasteiger partial charge in [-0.25, -0.2) is 4.79 Å². The van der Waals surface area contributed by atoms with Crippen molar-refractivity contribution >= 4 is 22.4 Å². The summed E-state index contributed by atoms with van der Waals surface area (Å²) in [6.07, 6.45) is 0. The van der Waals surface area contributed by atoms with Gasteiger partial charge in [-0.3, -0.25) is 0 Å². The number of carboxylic acid groups (broad SMARTS) is 1. The third-order valence-corrected chi connectivity index (χ3v) is 5.55. The van der Waals surface area contributed by atoms with E-state index in [1.807, 2.05) is 43.4 Å². The van der Waals surface area contributed by atoms with Gasteiger partial charge in [0.1, 0.15) is 17.9 Å². The normalized spacial score (nSPS) is 11.1. The Morgan fingerprint density at radius 2 is 1.70 bits per heavy atom. The van der Waals surface area contributed by atoms with Crippen LogP contribution in [0.5, 0.6) is 5.75 Å². The number of hydrogen-bond donors (Lipinski definition) is 1. The van der Waals surface area contributed by atoms with Crippen molar-refractivity contribution in [2.75, 3.05) is 38.1 Å². The highest BCUT2D eigenvalue weighted by atomic mass is 16.5. The van der Waals surface area contributed by atoms with Crippen molar-refractivity contribution in [3.63, 3.8) is 0 Å². The molecule has 0 aliphatic heterocycles. The van der Waals surface area contributed by atoms with E-state index >= 15 is 0 Å². The number of carboxylic acids is 1. The van der Waals surface area contributed by atoms with E-state index in [0.29, 0.717) is 12.4 Å². The highest BCUT2D eigenvalue weighted by Crippen LogP contribution is 2.27. The standard InChI is InChI=1S/C25H30N2O3/c1-4-27(5-2)16-15-26(3)21-13-14-23(25(28)29)24(17-21)30-18-20-11-8-10-19-9-6-7-12-22(19)20/h6-14,17H,4-5,15-16,18H2,1-3H3,(H,28,29). The fourth-order valence-corrected chi connectivity index (χ4v) is 3.58. The number of likely N-dealkylation sites (N-methyl/N-ethyl adjacent to an activating group) is 2. The molecule has 1 N–H and O–H groups in total. The van der Waals surface area contributed by atoms with Crippen LogP contribution in [0.25, 0.3) is 10.8 Å². The summed E-state index contributed by atoms with van der Waals surface area (Å²) in [5.41, 5.74) is 2.15. The smallest absolute Gasteiger partial charge is 0.339 e. The lowest BCUT2D eigenvalue weighted by molar-refractivity contribution is 0.0692. The minimum Gasteiger partial charge on any atom is -0.488 e. The number of rotatable bonds is 10. The third-order valence-electron chi connectivity index (χ3n) is 5.55. The number of anilines is 1. The largest absolute Gasteiger partial charge is 0.488 e. The molecule has 3 aromatic carbocycles. The Bertz CT molecular complexity index is 993. The molecular formula is C25H30N2O3. The Hall–Kier alpha value is -3.05.